The average molecular weight is 262 g/mol. The molecule has 0 saturated heterocycles. The molecule has 3 aromatic rings. The number of nitrogens with two attached hydrogens (primary N) is 1. The van der Waals surface area contributed by atoms with Gasteiger partial charge in [-0.2, -0.15) is 0 Å². The van der Waals surface area contributed by atoms with Gasteiger partial charge in [0.25, 0.3) is 0 Å². The van der Waals surface area contributed by atoms with Gasteiger partial charge in [0.05, 0.1) is 11.0 Å². The Bertz CT molecular complexity index is 714. The van der Waals surface area contributed by atoms with Crippen molar-refractivity contribution in [3.8, 4) is 11.6 Å². The lowest BCUT2D eigenvalue weighted by Gasteiger charge is -2.00. The second-order valence-corrected chi connectivity index (χ2v) is 4.50. The smallest absolute Gasteiger partial charge is 0.194 e. The quantitative estimate of drug-likeness (QED) is 0.772. The van der Waals surface area contributed by atoms with Crippen LogP contribution in [0.1, 0.15) is 5.56 Å². The largest absolute Gasteiger partial charge is 0.441 e. The third kappa shape index (κ3) is 1.70. The molecule has 5 heteroatoms. The molecule has 0 atom stereocenters. The highest BCUT2D eigenvalue weighted by Gasteiger charge is 2.13. The predicted octanol–water partition coefficient (Wildman–Crippen LogP) is 2.95. The number of halogens is 1. The molecule has 0 aliphatic carbocycles. The highest BCUT2D eigenvalue weighted by molar-refractivity contribution is 6.28. The number of fused-ring (bicyclic) bond motifs is 1. The number of hydrogen-bond acceptors (Lipinski definition) is 3. The molecular formula is C13H12ClN3O. The topological polar surface area (TPSA) is 57.0 Å². The highest BCUT2D eigenvalue weighted by atomic mass is 35.5. The molecule has 0 amide bonds. The molecule has 1 aromatic carbocycles. The minimum Gasteiger partial charge on any atom is -0.441 e. The first kappa shape index (κ1) is 11.3. The zero-order chi connectivity index (χ0) is 12.7. The van der Waals surface area contributed by atoms with E-state index in [1.165, 1.54) is 0 Å². The number of furan rings is 1. The first-order valence-electron chi connectivity index (χ1n) is 5.60. The highest BCUT2D eigenvalue weighted by Crippen LogP contribution is 2.27. The molecule has 2 aromatic heterocycles. The second-order valence-electron chi connectivity index (χ2n) is 4.13. The third-order valence-corrected chi connectivity index (χ3v) is 3.18. The lowest BCUT2D eigenvalue weighted by molar-refractivity contribution is 0.576. The summed E-state index contributed by atoms with van der Waals surface area (Å²) in [4.78, 5) is 4.54. The third-order valence-electron chi connectivity index (χ3n) is 2.97. The summed E-state index contributed by atoms with van der Waals surface area (Å²) in [5.41, 5.74) is 8.67. The fraction of sp³-hybridized carbons (Fsp3) is 0.154. The Labute approximate surface area is 109 Å². The fourth-order valence-electron chi connectivity index (χ4n) is 2.02. The van der Waals surface area contributed by atoms with E-state index in [0.29, 0.717) is 17.5 Å². The number of imidazole rings is 1. The van der Waals surface area contributed by atoms with E-state index in [0.717, 1.165) is 22.4 Å². The molecule has 0 aliphatic rings. The molecule has 0 bridgehead atoms. The van der Waals surface area contributed by atoms with Gasteiger partial charge in [-0.3, -0.25) is 0 Å². The number of aryl methyl sites for hydroxylation is 1. The molecule has 0 aliphatic heterocycles. The summed E-state index contributed by atoms with van der Waals surface area (Å²) < 4.78 is 7.37. The maximum Gasteiger partial charge on any atom is 0.194 e. The summed E-state index contributed by atoms with van der Waals surface area (Å²) in [6, 6.07) is 9.51. The van der Waals surface area contributed by atoms with Crippen molar-refractivity contribution < 1.29 is 4.42 Å². The molecule has 2 N–H and O–H groups in total. The van der Waals surface area contributed by atoms with E-state index in [9.17, 15) is 0 Å². The first-order chi connectivity index (χ1) is 8.69. The normalized spacial score (nSPS) is 11.3. The fourth-order valence-corrected chi connectivity index (χ4v) is 2.16. The van der Waals surface area contributed by atoms with E-state index in [2.05, 4.69) is 4.98 Å². The number of benzene rings is 1. The van der Waals surface area contributed by atoms with Crippen molar-refractivity contribution in [3.05, 3.63) is 41.1 Å². The number of rotatable bonds is 2. The summed E-state index contributed by atoms with van der Waals surface area (Å²) in [7, 11) is 1.95. The Balaban J connectivity index is 2.22. The van der Waals surface area contributed by atoms with Gasteiger partial charge >= 0.3 is 0 Å². The molecular weight excluding hydrogens is 250 g/mol. The van der Waals surface area contributed by atoms with E-state index in [4.69, 9.17) is 21.8 Å². The summed E-state index contributed by atoms with van der Waals surface area (Å²) in [5, 5.41) is 0.361. The van der Waals surface area contributed by atoms with Gasteiger partial charge in [-0.1, -0.05) is 6.07 Å². The Morgan fingerprint density at radius 2 is 2.17 bits per heavy atom. The Morgan fingerprint density at radius 1 is 1.33 bits per heavy atom. The number of hydrogen-bond donors (Lipinski definition) is 1. The zero-order valence-corrected chi connectivity index (χ0v) is 10.6. The van der Waals surface area contributed by atoms with Crippen LogP contribution in [0.4, 0.5) is 0 Å². The van der Waals surface area contributed by atoms with Crippen LogP contribution < -0.4 is 5.73 Å². The Morgan fingerprint density at radius 3 is 2.83 bits per heavy atom. The lowest BCUT2D eigenvalue weighted by Crippen LogP contribution is -1.96. The van der Waals surface area contributed by atoms with Crippen LogP contribution in [0, 0.1) is 0 Å². The van der Waals surface area contributed by atoms with Crippen LogP contribution in [0.3, 0.4) is 0 Å². The van der Waals surface area contributed by atoms with E-state index in [1.807, 2.05) is 35.9 Å². The number of aromatic nitrogens is 2. The van der Waals surface area contributed by atoms with Gasteiger partial charge in [-0.25, -0.2) is 4.98 Å². The molecule has 4 nitrogen and oxygen atoms in total. The van der Waals surface area contributed by atoms with Gasteiger partial charge in [0, 0.05) is 13.6 Å². The Hall–Kier alpha value is -1.78. The van der Waals surface area contributed by atoms with Crippen LogP contribution in [0.25, 0.3) is 22.6 Å². The molecule has 0 radical (unpaired) electrons. The first-order valence-corrected chi connectivity index (χ1v) is 5.98. The maximum atomic E-state index is 5.79. The molecule has 0 spiro atoms. The van der Waals surface area contributed by atoms with Crippen LogP contribution in [0.5, 0.6) is 0 Å². The lowest BCUT2D eigenvalue weighted by atomic mass is 10.2. The van der Waals surface area contributed by atoms with Crippen molar-refractivity contribution in [2.24, 2.45) is 12.8 Å². The minimum absolute atomic E-state index is 0.361. The van der Waals surface area contributed by atoms with E-state index >= 15 is 0 Å². The second kappa shape index (κ2) is 4.15. The summed E-state index contributed by atoms with van der Waals surface area (Å²) in [6.45, 7) is 0.517. The van der Waals surface area contributed by atoms with Gasteiger partial charge in [0.2, 0.25) is 0 Å². The van der Waals surface area contributed by atoms with Gasteiger partial charge in [0.15, 0.2) is 16.8 Å². The molecule has 92 valence electrons. The van der Waals surface area contributed by atoms with Crippen molar-refractivity contribution in [2.75, 3.05) is 0 Å². The standard InChI is InChI=1S/C13H12ClN3O/c1-17-10-6-8(7-15)2-3-9(10)16-13(17)11-4-5-12(14)18-11/h2-6H,7,15H2,1H3. The average Bonchev–Trinajstić information content (AvgIpc) is 2.94. The van der Waals surface area contributed by atoms with Crippen LogP contribution in [0.15, 0.2) is 34.7 Å². The molecule has 0 fully saturated rings. The SMILES string of the molecule is Cn1c(-c2ccc(Cl)o2)nc2ccc(CN)cc21. The van der Waals surface area contributed by atoms with Crippen molar-refractivity contribution in [2.45, 2.75) is 6.54 Å². The molecule has 3 rings (SSSR count). The van der Waals surface area contributed by atoms with Gasteiger partial charge < -0.3 is 14.7 Å². The van der Waals surface area contributed by atoms with Crippen LogP contribution in [-0.4, -0.2) is 9.55 Å². The summed E-state index contributed by atoms with van der Waals surface area (Å²) in [5.74, 6) is 1.42. The summed E-state index contributed by atoms with van der Waals surface area (Å²) in [6.07, 6.45) is 0. The van der Waals surface area contributed by atoms with Crippen molar-refractivity contribution >= 4 is 22.6 Å². The van der Waals surface area contributed by atoms with Crippen LogP contribution in [-0.2, 0) is 13.6 Å². The molecule has 0 saturated carbocycles. The number of nitrogens with zero attached hydrogens (tertiary/aromatic N) is 2. The molecule has 0 unspecified atom stereocenters. The van der Waals surface area contributed by atoms with E-state index < -0.39 is 0 Å². The van der Waals surface area contributed by atoms with E-state index in [-0.39, 0.29) is 0 Å². The van der Waals surface area contributed by atoms with Gasteiger partial charge in [-0.15, -0.1) is 0 Å². The van der Waals surface area contributed by atoms with Gasteiger partial charge in [0.1, 0.15) is 0 Å². The predicted molar refractivity (Wildman–Crippen MR) is 71.3 cm³/mol. The monoisotopic (exact) mass is 261 g/mol. The van der Waals surface area contributed by atoms with Crippen molar-refractivity contribution in [1.29, 1.82) is 0 Å². The maximum absolute atomic E-state index is 5.79. The van der Waals surface area contributed by atoms with Crippen LogP contribution in [0.2, 0.25) is 5.22 Å². The minimum atomic E-state index is 0.361. The van der Waals surface area contributed by atoms with Crippen LogP contribution >= 0.6 is 11.6 Å². The molecule has 2 heterocycles. The summed E-state index contributed by atoms with van der Waals surface area (Å²) >= 11 is 5.79. The zero-order valence-electron chi connectivity index (χ0n) is 9.85. The van der Waals surface area contributed by atoms with Crippen molar-refractivity contribution in [3.63, 3.8) is 0 Å². The van der Waals surface area contributed by atoms with Crippen molar-refractivity contribution in [1.82, 2.24) is 9.55 Å². The molecule has 18 heavy (non-hydrogen) atoms. The van der Waals surface area contributed by atoms with E-state index in [1.54, 1.807) is 6.07 Å². The van der Waals surface area contributed by atoms with Gasteiger partial charge in [-0.05, 0) is 41.4 Å². The Kier molecular flexibility index (Phi) is 2.61.